The Labute approximate surface area is 120 Å². The third-order valence-corrected chi connectivity index (χ3v) is 4.08. The van der Waals surface area contributed by atoms with Crippen LogP contribution in [0.25, 0.3) is 0 Å². The van der Waals surface area contributed by atoms with Crippen molar-refractivity contribution < 1.29 is 5.11 Å². The van der Waals surface area contributed by atoms with E-state index in [4.69, 9.17) is 0 Å². The van der Waals surface area contributed by atoms with Crippen molar-refractivity contribution in [3.8, 4) is 0 Å². The normalized spacial score (nSPS) is 14.7. The zero-order valence-electron chi connectivity index (χ0n) is 12.5. The minimum atomic E-state index is 0.0506. The number of hydrogen-bond acceptors (Lipinski definition) is 5. The smallest absolute Gasteiger partial charge is 0.144 e. The van der Waals surface area contributed by atoms with E-state index >= 15 is 0 Å². The second-order valence-corrected chi connectivity index (χ2v) is 5.78. The predicted octanol–water partition coefficient (Wildman–Crippen LogP) is 2.89. The van der Waals surface area contributed by atoms with E-state index < -0.39 is 0 Å². The van der Waals surface area contributed by atoms with Crippen molar-refractivity contribution in [3.05, 3.63) is 11.5 Å². The van der Waals surface area contributed by atoms with Crippen LogP contribution in [-0.4, -0.2) is 33.5 Å². The number of aryl methyl sites for hydroxylation is 2. The summed E-state index contributed by atoms with van der Waals surface area (Å²) >= 11 is 1.80. The molecule has 2 heterocycles. The van der Waals surface area contributed by atoms with Crippen molar-refractivity contribution in [2.75, 3.05) is 17.7 Å². The van der Waals surface area contributed by atoms with Gasteiger partial charge in [0.2, 0.25) is 0 Å². The molecule has 1 unspecified atom stereocenters. The fraction of sp³-hybridized carbons (Fsp3) is 0.714. The van der Waals surface area contributed by atoms with Crippen LogP contribution < -0.4 is 5.32 Å². The zero-order valence-corrected chi connectivity index (χ0v) is 13.3. The molecule has 5 heteroatoms. The fourth-order valence-electron chi connectivity index (χ4n) is 1.89. The molecule has 2 rings (SSSR count). The number of aliphatic hydroxyl groups excluding tert-OH is 1. The van der Waals surface area contributed by atoms with Crippen molar-refractivity contribution in [2.24, 2.45) is 5.92 Å². The highest BCUT2D eigenvalue weighted by atomic mass is 32.2. The molecule has 0 saturated carbocycles. The van der Waals surface area contributed by atoms with Crippen LogP contribution in [0.15, 0.2) is 4.90 Å². The maximum atomic E-state index is 9.36. The summed E-state index contributed by atoms with van der Waals surface area (Å²) < 4.78 is 0. The minimum absolute atomic E-state index is 0.0506. The van der Waals surface area contributed by atoms with Crippen LogP contribution in [0, 0.1) is 12.8 Å². The van der Waals surface area contributed by atoms with E-state index in [1.54, 1.807) is 11.8 Å². The minimum Gasteiger partial charge on any atom is -0.394 e. The average molecular weight is 283 g/mol. The molecule has 0 saturated heterocycles. The Morgan fingerprint density at radius 1 is 1.32 bits per heavy atom. The van der Waals surface area contributed by atoms with Gasteiger partial charge in [-0.15, -0.1) is 11.8 Å². The number of nitrogens with zero attached hydrogens (tertiary/aromatic N) is 2. The lowest BCUT2D eigenvalue weighted by Gasteiger charge is -2.21. The lowest BCUT2D eigenvalue weighted by molar-refractivity contribution is 0.248. The Morgan fingerprint density at radius 2 is 2.00 bits per heavy atom. The molecule has 0 amide bonds. The van der Waals surface area contributed by atoms with Gasteiger partial charge in [0.25, 0.3) is 0 Å². The third kappa shape index (κ3) is 4.08. The molecule has 1 atom stereocenters. The van der Waals surface area contributed by atoms with Gasteiger partial charge in [0.1, 0.15) is 11.6 Å². The Bertz CT molecular complexity index is 410. The van der Waals surface area contributed by atoms with E-state index in [-0.39, 0.29) is 12.6 Å². The first kappa shape index (κ1) is 16.2. The van der Waals surface area contributed by atoms with Crippen molar-refractivity contribution >= 4 is 17.6 Å². The van der Waals surface area contributed by atoms with E-state index in [1.807, 2.05) is 20.8 Å². The number of hydrogen-bond donors (Lipinski definition) is 2. The second-order valence-electron chi connectivity index (χ2n) is 4.67. The summed E-state index contributed by atoms with van der Waals surface area (Å²) in [6, 6.07) is 0.0506. The summed E-state index contributed by atoms with van der Waals surface area (Å²) in [6.45, 7) is 10.2. The van der Waals surface area contributed by atoms with Gasteiger partial charge < -0.3 is 10.4 Å². The summed E-state index contributed by atoms with van der Waals surface area (Å²) in [4.78, 5) is 10.1. The highest BCUT2D eigenvalue weighted by molar-refractivity contribution is 7.99. The van der Waals surface area contributed by atoms with Crippen LogP contribution >= 0.6 is 11.8 Å². The van der Waals surface area contributed by atoms with E-state index in [1.165, 1.54) is 0 Å². The topological polar surface area (TPSA) is 58.0 Å². The molecule has 4 nitrogen and oxygen atoms in total. The van der Waals surface area contributed by atoms with Gasteiger partial charge in [0.15, 0.2) is 0 Å². The van der Waals surface area contributed by atoms with Gasteiger partial charge >= 0.3 is 0 Å². The molecule has 0 aliphatic carbocycles. The Hall–Kier alpha value is -0.810. The summed E-state index contributed by atoms with van der Waals surface area (Å²) in [5.74, 6) is 3.14. The molecular weight excluding hydrogens is 258 g/mol. The maximum absolute atomic E-state index is 9.36. The van der Waals surface area contributed by atoms with E-state index in [0.717, 1.165) is 34.4 Å². The molecule has 0 radical (unpaired) electrons. The van der Waals surface area contributed by atoms with Gasteiger partial charge in [0.05, 0.1) is 23.2 Å². The van der Waals surface area contributed by atoms with Gasteiger partial charge in [-0.25, -0.2) is 9.97 Å². The summed E-state index contributed by atoms with van der Waals surface area (Å²) in [6.07, 6.45) is 1.02. The standard InChI is InChI=1S/C12H19N3OS.C2H6/c1-7(2)10(6-16)15-12-11-9(4-5-17-11)13-8(3)14-12;1-2/h7,10,16H,4-6H2,1-3H3,(H,13,14,15);1-2H3. The summed E-state index contributed by atoms with van der Waals surface area (Å²) in [5.41, 5.74) is 1.14. The number of anilines is 1. The number of aliphatic hydroxyl groups is 1. The summed E-state index contributed by atoms with van der Waals surface area (Å²) in [5, 5.41) is 12.7. The monoisotopic (exact) mass is 283 g/mol. The average Bonchev–Trinajstić information content (AvgIpc) is 2.85. The fourth-order valence-corrected chi connectivity index (χ4v) is 2.94. The molecule has 19 heavy (non-hydrogen) atoms. The Morgan fingerprint density at radius 3 is 2.58 bits per heavy atom. The van der Waals surface area contributed by atoms with Crippen molar-refractivity contribution in [1.29, 1.82) is 0 Å². The predicted molar refractivity (Wildman–Crippen MR) is 81.9 cm³/mol. The largest absolute Gasteiger partial charge is 0.394 e. The highest BCUT2D eigenvalue weighted by Gasteiger charge is 2.21. The van der Waals surface area contributed by atoms with Crippen LogP contribution in [0.3, 0.4) is 0 Å². The molecule has 1 aliphatic heterocycles. The lowest BCUT2D eigenvalue weighted by Crippen LogP contribution is -2.30. The SMILES string of the molecule is CC.Cc1nc2c(c(NC(CO)C(C)C)n1)SCC2. The quantitative estimate of drug-likeness (QED) is 0.890. The molecule has 1 aromatic heterocycles. The Balaban J connectivity index is 0.000000861. The van der Waals surface area contributed by atoms with E-state index in [0.29, 0.717) is 5.92 Å². The van der Waals surface area contributed by atoms with Crippen molar-refractivity contribution in [2.45, 2.75) is 52.0 Å². The molecule has 0 spiro atoms. The second kappa shape index (κ2) is 7.70. The number of thioether (sulfide) groups is 1. The first-order valence-electron chi connectivity index (χ1n) is 6.99. The molecule has 0 fully saturated rings. The summed E-state index contributed by atoms with van der Waals surface area (Å²) in [7, 11) is 0. The molecule has 1 aliphatic rings. The molecule has 108 valence electrons. The number of rotatable bonds is 4. The van der Waals surface area contributed by atoms with Crippen LogP contribution in [0.4, 0.5) is 5.82 Å². The van der Waals surface area contributed by atoms with Gasteiger partial charge in [-0.2, -0.15) is 0 Å². The van der Waals surface area contributed by atoms with E-state index in [9.17, 15) is 5.11 Å². The maximum Gasteiger partial charge on any atom is 0.144 e. The number of nitrogens with one attached hydrogen (secondary N) is 1. The molecule has 0 bridgehead atoms. The number of aromatic nitrogens is 2. The number of fused-ring (bicyclic) bond motifs is 1. The first-order valence-corrected chi connectivity index (χ1v) is 7.98. The zero-order chi connectivity index (χ0) is 14.4. The van der Waals surface area contributed by atoms with Gasteiger partial charge in [0, 0.05) is 12.2 Å². The van der Waals surface area contributed by atoms with Gasteiger partial charge in [-0.05, 0) is 12.8 Å². The molecule has 0 aromatic carbocycles. The lowest BCUT2D eigenvalue weighted by atomic mass is 10.1. The highest BCUT2D eigenvalue weighted by Crippen LogP contribution is 2.35. The van der Waals surface area contributed by atoms with Crippen molar-refractivity contribution in [3.63, 3.8) is 0 Å². The molecule has 1 aromatic rings. The first-order chi connectivity index (χ1) is 9.11. The Kier molecular flexibility index (Phi) is 6.58. The van der Waals surface area contributed by atoms with Crippen LogP contribution in [0.5, 0.6) is 0 Å². The molecule has 2 N–H and O–H groups in total. The van der Waals surface area contributed by atoms with Crippen molar-refractivity contribution in [1.82, 2.24) is 9.97 Å². The van der Waals surface area contributed by atoms with Gasteiger partial charge in [-0.1, -0.05) is 27.7 Å². The van der Waals surface area contributed by atoms with Crippen LogP contribution in [0.1, 0.15) is 39.2 Å². The third-order valence-electron chi connectivity index (χ3n) is 2.96. The van der Waals surface area contributed by atoms with Gasteiger partial charge in [-0.3, -0.25) is 0 Å². The molecular formula is C14H25N3OS. The van der Waals surface area contributed by atoms with Crippen LogP contribution in [-0.2, 0) is 6.42 Å². The van der Waals surface area contributed by atoms with Crippen LogP contribution in [0.2, 0.25) is 0 Å². The van der Waals surface area contributed by atoms with E-state index in [2.05, 4.69) is 29.1 Å².